The van der Waals surface area contributed by atoms with Crippen molar-refractivity contribution in [3.63, 3.8) is 0 Å². The Hall–Kier alpha value is -1.19. The number of hydrogen-bond donors (Lipinski definition) is 1. The Morgan fingerprint density at radius 1 is 1.05 bits per heavy atom. The fourth-order valence-electron chi connectivity index (χ4n) is 2.21. The molecule has 0 saturated heterocycles. The van der Waals surface area contributed by atoms with Crippen LogP contribution in [-0.4, -0.2) is 4.98 Å². The monoisotopic (exact) mass is 331 g/mol. The van der Waals surface area contributed by atoms with Crippen LogP contribution in [0.15, 0.2) is 64.1 Å². The molecule has 1 atom stereocenters. The van der Waals surface area contributed by atoms with E-state index in [9.17, 15) is 0 Å². The molecule has 0 saturated carbocycles. The van der Waals surface area contributed by atoms with Crippen molar-refractivity contribution < 1.29 is 0 Å². The number of aromatic amines is 1. The van der Waals surface area contributed by atoms with Gasteiger partial charge in [0.25, 0.3) is 0 Å². The Kier molecular flexibility index (Phi) is 3.67. The van der Waals surface area contributed by atoms with Crippen molar-refractivity contribution in [1.82, 2.24) is 4.98 Å². The predicted octanol–water partition coefficient (Wildman–Crippen LogP) is 5.78. The lowest BCUT2D eigenvalue weighted by Crippen LogP contribution is -1.86. The number of nitrogens with one attached hydrogen (secondary N) is 1. The molecule has 0 aliphatic rings. The minimum absolute atomic E-state index is 0.428. The second-order valence-corrected chi connectivity index (χ2v) is 6.83. The minimum Gasteiger partial charge on any atom is -0.361 e. The zero-order valence-corrected chi connectivity index (χ0v) is 13.0. The van der Waals surface area contributed by atoms with E-state index < -0.39 is 0 Å². The van der Waals surface area contributed by atoms with Crippen molar-refractivity contribution in [3.05, 3.63) is 64.8 Å². The summed E-state index contributed by atoms with van der Waals surface area (Å²) in [6, 6.07) is 16.9. The van der Waals surface area contributed by atoms with Crippen molar-refractivity contribution in [2.45, 2.75) is 17.1 Å². The summed E-state index contributed by atoms with van der Waals surface area (Å²) in [6.07, 6.45) is 2.13. The highest BCUT2D eigenvalue weighted by atomic mass is 79.9. The van der Waals surface area contributed by atoms with Crippen molar-refractivity contribution in [2.75, 3.05) is 0 Å². The molecule has 3 heteroatoms. The van der Waals surface area contributed by atoms with Gasteiger partial charge in [-0.2, -0.15) is 0 Å². The van der Waals surface area contributed by atoms with E-state index in [4.69, 9.17) is 0 Å². The average molecular weight is 332 g/mol. The second-order valence-electron chi connectivity index (χ2n) is 4.50. The Morgan fingerprint density at radius 3 is 2.58 bits per heavy atom. The number of benzene rings is 2. The van der Waals surface area contributed by atoms with Crippen molar-refractivity contribution >= 4 is 38.6 Å². The van der Waals surface area contributed by atoms with E-state index >= 15 is 0 Å². The van der Waals surface area contributed by atoms with Crippen molar-refractivity contribution in [1.29, 1.82) is 0 Å². The van der Waals surface area contributed by atoms with Crippen LogP contribution >= 0.6 is 27.7 Å². The maximum absolute atomic E-state index is 3.47. The van der Waals surface area contributed by atoms with Crippen LogP contribution in [-0.2, 0) is 0 Å². The third-order valence-corrected chi connectivity index (χ3v) is 4.87. The van der Waals surface area contributed by atoms with Crippen molar-refractivity contribution in [2.24, 2.45) is 0 Å². The van der Waals surface area contributed by atoms with Gasteiger partial charge in [-0.25, -0.2) is 0 Å². The summed E-state index contributed by atoms with van der Waals surface area (Å²) in [6.45, 7) is 2.25. The number of hydrogen-bond acceptors (Lipinski definition) is 1. The summed E-state index contributed by atoms with van der Waals surface area (Å²) in [4.78, 5) is 4.64. The van der Waals surface area contributed by atoms with Crippen LogP contribution < -0.4 is 0 Å². The molecule has 1 aromatic heterocycles. The quantitative estimate of drug-likeness (QED) is 0.601. The van der Waals surface area contributed by atoms with Crippen LogP contribution in [0, 0.1) is 0 Å². The van der Waals surface area contributed by atoms with Gasteiger partial charge in [-0.3, -0.25) is 0 Å². The van der Waals surface area contributed by atoms with Gasteiger partial charge < -0.3 is 4.98 Å². The summed E-state index contributed by atoms with van der Waals surface area (Å²) in [5, 5.41) is 1.75. The number of rotatable bonds is 3. The van der Waals surface area contributed by atoms with Crippen LogP contribution in [0.4, 0.5) is 0 Å². The van der Waals surface area contributed by atoms with E-state index in [1.807, 2.05) is 11.8 Å². The van der Waals surface area contributed by atoms with Crippen LogP contribution in [0.2, 0.25) is 0 Å². The normalized spacial score (nSPS) is 12.7. The van der Waals surface area contributed by atoms with E-state index in [2.05, 4.69) is 82.6 Å². The number of thioether (sulfide) groups is 1. The van der Waals surface area contributed by atoms with Gasteiger partial charge in [-0.05, 0) is 42.8 Å². The van der Waals surface area contributed by atoms with E-state index in [1.165, 1.54) is 21.4 Å². The SMILES string of the molecule is CC(Sc1ccc(Br)cc1)c1c[nH]c2ccccc12. The number of halogens is 1. The molecule has 0 aliphatic heterocycles. The molecule has 0 spiro atoms. The van der Waals surface area contributed by atoms with E-state index in [-0.39, 0.29) is 0 Å². The van der Waals surface area contributed by atoms with Gasteiger partial charge in [-0.1, -0.05) is 34.1 Å². The number of aromatic nitrogens is 1. The lowest BCUT2D eigenvalue weighted by Gasteiger charge is -2.10. The van der Waals surface area contributed by atoms with E-state index in [0.717, 1.165) is 4.47 Å². The minimum atomic E-state index is 0.428. The van der Waals surface area contributed by atoms with Gasteiger partial charge in [0.05, 0.1) is 0 Å². The van der Waals surface area contributed by atoms with Gasteiger partial charge in [0.1, 0.15) is 0 Å². The highest BCUT2D eigenvalue weighted by molar-refractivity contribution is 9.10. The fourth-order valence-corrected chi connectivity index (χ4v) is 3.50. The lowest BCUT2D eigenvalue weighted by molar-refractivity contribution is 1.11. The average Bonchev–Trinajstić information content (AvgIpc) is 2.85. The first-order valence-electron chi connectivity index (χ1n) is 6.22. The molecule has 19 heavy (non-hydrogen) atoms. The third kappa shape index (κ3) is 2.72. The summed E-state index contributed by atoms with van der Waals surface area (Å²) >= 11 is 5.35. The highest BCUT2D eigenvalue weighted by Crippen LogP contribution is 2.38. The first-order chi connectivity index (χ1) is 9.24. The Balaban J connectivity index is 1.87. The molecular weight excluding hydrogens is 318 g/mol. The topological polar surface area (TPSA) is 15.8 Å². The van der Waals surface area contributed by atoms with Gasteiger partial charge >= 0.3 is 0 Å². The standard InChI is InChI=1S/C16H14BrNS/c1-11(19-13-8-6-12(17)7-9-13)15-10-18-16-5-3-2-4-14(15)16/h2-11,18H,1H3. The van der Waals surface area contributed by atoms with Gasteiger partial charge in [0, 0.05) is 31.7 Å². The summed E-state index contributed by atoms with van der Waals surface area (Å²) < 4.78 is 1.12. The molecule has 3 rings (SSSR count). The molecule has 1 N–H and O–H groups in total. The largest absolute Gasteiger partial charge is 0.361 e. The van der Waals surface area contributed by atoms with Crippen LogP contribution in [0.3, 0.4) is 0 Å². The molecule has 0 fully saturated rings. The molecule has 0 aliphatic carbocycles. The summed E-state index contributed by atoms with van der Waals surface area (Å²) in [7, 11) is 0. The molecule has 2 aromatic carbocycles. The summed E-state index contributed by atoms with van der Waals surface area (Å²) in [5.41, 5.74) is 2.57. The molecule has 0 radical (unpaired) electrons. The number of para-hydroxylation sites is 1. The summed E-state index contributed by atoms with van der Waals surface area (Å²) in [5.74, 6) is 0. The second kappa shape index (κ2) is 5.43. The van der Waals surface area contributed by atoms with Crippen LogP contribution in [0.25, 0.3) is 10.9 Å². The Bertz CT molecular complexity index is 687. The van der Waals surface area contributed by atoms with Gasteiger partial charge in [0.15, 0.2) is 0 Å². The third-order valence-electron chi connectivity index (χ3n) is 3.19. The van der Waals surface area contributed by atoms with Crippen molar-refractivity contribution in [3.8, 4) is 0 Å². The first-order valence-corrected chi connectivity index (χ1v) is 7.89. The highest BCUT2D eigenvalue weighted by Gasteiger charge is 2.12. The Morgan fingerprint density at radius 2 is 1.79 bits per heavy atom. The number of fused-ring (bicyclic) bond motifs is 1. The molecule has 0 amide bonds. The maximum atomic E-state index is 3.47. The van der Waals surface area contributed by atoms with Gasteiger partial charge in [-0.15, -0.1) is 11.8 Å². The Labute approximate surface area is 125 Å². The number of H-pyrrole nitrogens is 1. The molecule has 1 unspecified atom stereocenters. The molecule has 1 heterocycles. The lowest BCUT2D eigenvalue weighted by atomic mass is 10.1. The zero-order chi connectivity index (χ0) is 13.2. The van der Waals surface area contributed by atoms with Crippen LogP contribution in [0.1, 0.15) is 17.7 Å². The molecular formula is C16H14BrNS. The smallest absolute Gasteiger partial charge is 0.0457 e. The molecule has 0 bridgehead atoms. The maximum Gasteiger partial charge on any atom is 0.0457 e. The van der Waals surface area contributed by atoms with E-state index in [1.54, 1.807) is 0 Å². The molecule has 1 nitrogen and oxygen atoms in total. The predicted molar refractivity (Wildman–Crippen MR) is 86.7 cm³/mol. The van der Waals surface area contributed by atoms with E-state index in [0.29, 0.717) is 5.25 Å². The zero-order valence-electron chi connectivity index (χ0n) is 10.6. The van der Waals surface area contributed by atoms with Crippen LogP contribution in [0.5, 0.6) is 0 Å². The van der Waals surface area contributed by atoms with Gasteiger partial charge in [0.2, 0.25) is 0 Å². The fraction of sp³-hybridized carbons (Fsp3) is 0.125. The molecule has 96 valence electrons. The molecule has 3 aromatic rings. The first kappa shape index (κ1) is 12.8.